The van der Waals surface area contributed by atoms with Gasteiger partial charge in [-0.1, -0.05) is 72.6 Å². The van der Waals surface area contributed by atoms with E-state index in [1.165, 1.54) is 0 Å². The molecule has 4 heteroatoms. The van der Waals surface area contributed by atoms with E-state index in [1.54, 1.807) is 0 Å². The summed E-state index contributed by atoms with van der Waals surface area (Å²) in [5.74, 6) is -0.642. The van der Waals surface area contributed by atoms with Gasteiger partial charge in [-0.15, -0.1) is 0 Å². The standard InChI is InChI=1S/C23H42O4/c1-5-9-13-15-17-21(23(25)27-19-12-8-4)20(16-14-10-6-2)22(24)26-18-11-7-3/h5-19H2,1-4H3/b21-20-. The Morgan fingerprint density at radius 1 is 0.519 bits per heavy atom. The first kappa shape index (κ1) is 25.7. The molecule has 0 rings (SSSR count). The maximum absolute atomic E-state index is 12.7. The Hall–Kier alpha value is -1.32. The fourth-order valence-corrected chi connectivity index (χ4v) is 2.83. The van der Waals surface area contributed by atoms with Crippen LogP contribution < -0.4 is 0 Å². The fourth-order valence-electron chi connectivity index (χ4n) is 2.83. The van der Waals surface area contributed by atoms with Crippen molar-refractivity contribution < 1.29 is 19.1 Å². The molecule has 0 aliphatic rings. The van der Waals surface area contributed by atoms with Crippen molar-refractivity contribution in [3.05, 3.63) is 11.1 Å². The van der Waals surface area contributed by atoms with Gasteiger partial charge in [-0.25, -0.2) is 9.59 Å². The van der Waals surface area contributed by atoms with Crippen LogP contribution in [-0.4, -0.2) is 25.2 Å². The third kappa shape index (κ3) is 12.6. The number of ether oxygens (including phenoxy) is 2. The van der Waals surface area contributed by atoms with E-state index >= 15 is 0 Å². The topological polar surface area (TPSA) is 52.6 Å². The van der Waals surface area contributed by atoms with Crippen molar-refractivity contribution in [3.8, 4) is 0 Å². The van der Waals surface area contributed by atoms with Crippen molar-refractivity contribution in [2.75, 3.05) is 13.2 Å². The average molecular weight is 383 g/mol. The van der Waals surface area contributed by atoms with E-state index in [4.69, 9.17) is 9.47 Å². The highest BCUT2D eigenvalue weighted by atomic mass is 16.5. The zero-order valence-corrected chi connectivity index (χ0v) is 18.2. The Morgan fingerprint density at radius 2 is 0.889 bits per heavy atom. The van der Waals surface area contributed by atoms with Gasteiger partial charge in [0.05, 0.1) is 13.2 Å². The summed E-state index contributed by atoms with van der Waals surface area (Å²) in [7, 11) is 0. The van der Waals surface area contributed by atoms with Crippen LogP contribution in [0.25, 0.3) is 0 Å². The fraction of sp³-hybridized carbons (Fsp3) is 0.826. The minimum atomic E-state index is -0.322. The highest BCUT2D eigenvalue weighted by Crippen LogP contribution is 2.22. The SMILES string of the molecule is CCCCCC/C(C(=O)OCCCC)=C(\CCCCC)C(=O)OCCCC. The molecule has 0 aromatic heterocycles. The van der Waals surface area contributed by atoms with Gasteiger partial charge in [0.15, 0.2) is 0 Å². The van der Waals surface area contributed by atoms with Crippen LogP contribution in [0, 0.1) is 0 Å². The van der Waals surface area contributed by atoms with Crippen molar-refractivity contribution in [1.82, 2.24) is 0 Å². The van der Waals surface area contributed by atoms with Crippen LogP contribution in [0.4, 0.5) is 0 Å². The Labute approximate surface area is 167 Å². The minimum Gasteiger partial charge on any atom is -0.462 e. The lowest BCUT2D eigenvalue weighted by molar-refractivity contribution is -0.142. The number of esters is 2. The van der Waals surface area contributed by atoms with Gasteiger partial charge in [-0.05, 0) is 38.5 Å². The second-order valence-electron chi connectivity index (χ2n) is 7.20. The van der Waals surface area contributed by atoms with Crippen molar-refractivity contribution in [2.24, 2.45) is 0 Å². The molecule has 0 aliphatic heterocycles. The van der Waals surface area contributed by atoms with Crippen LogP contribution in [-0.2, 0) is 19.1 Å². The lowest BCUT2D eigenvalue weighted by Crippen LogP contribution is -2.18. The number of carbonyl (C=O) groups is 2. The van der Waals surface area contributed by atoms with Crippen LogP contribution in [0.5, 0.6) is 0 Å². The first-order valence-corrected chi connectivity index (χ1v) is 11.2. The van der Waals surface area contributed by atoms with Gasteiger partial charge in [0.1, 0.15) is 0 Å². The van der Waals surface area contributed by atoms with Crippen LogP contribution >= 0.6 is 0 Å². The molecule has 0 amide bonds. The largest absolute Gasteiger partial charge is 0.462 e. The molecule has 0 N–H and O–H groups in total. The number of carbonyl (C=O) groups excluding carboxylic acids is 2. The molecule has 0 saturated heterocycles. The second kappa shape index (κ2) is 18.1. The minimum absolute atomic E-state index is 0.320. The van der Waals surface area contributed by atoms with Gasteiger partial charge in [0.25, 0.3) is 0 Å². The quantitative estimate of drug-likeness (QED) is 0.163. The first-order valence-electron chi connectivity index (χ1n) is 11.2. The molecule has 0 spiro atoms. The van der Waals surface area contributed by atoms with Gasteiger partial charge in [-0.3, -0.25) is 0 Å². The Bertz CT molecular complexity index is 426. The lowest BCUT2D eigenvalue weighted by atomic mass is 9.97. The Morgan fingerprint density at radius 3 is 1.30 bits per heavy atom. The molecule has 0 bridgehead atoms. The van der Waals surface area contributed by atoms with Crippen LogP contribution in [0.3, 0.4) is 0 Å². The predicted octanol–water partition coefficient (Wildman–Crippen LogP) is 6.52. The zero-order chi connectivity index (χ0) is 20.3. The molecule has 0 aromatic carbocycles. The van der Waals surface area contributed by atoms with Crippen molar-refractivity contribution >= 4 is 11.9 Å². The summed E-state index contributed by atoms with van der Waals surface area (Å²) in [5, 5.41) is 0. The Balaban J connectivity index is 5.33. The molecular weight excluding hydrogens is 340 g/mol. The van der Waals surface area contributed by atoms with E-state index in [1.807, 2.05) is 0 Å². The molecule has 0 saturated carbocycles. The normalized spacial score (nSPS) is 11.9. The molecule has 27 heavy (non-hydrogen) atoms. The molecule has 158 valence electrons. The lowest BCUT2D eigenvalue weighted by Gasteiger charge is -2.15. The monoisotopic (exact) mass is 382 g/mol. The van der Waals surface area contributed by atoms with Gasteiger partial charge in [-0.2, -0.15) is 0 Å². The molecule has 0 aromatic rings. The van der Waals surface area contributed by atoms with E-state index in [2.05, 4.69) is 27.7 Å². The highest BCUT2D eigenvalue weighted by molar-refractivity contribution is 6.00. The van der Waals surface area contributed by atoms with Crippen LogP contribution in [0.1, 0.15) is 111 Å². The summed E-state index contributed by atoms with van der Waals surface area (Å²) >= 11 is 0. The van der Waals surface area contributed by atoms with Crippen LogP contribution in [0.2, 0.25) is 0 Å². The summed E-state index contributed by atoms with van der Waals surface area (Å²) in [4.78, 5) is 25.4. The Kier molecular flexibility index (Phi) is 17.2. The highest BCUT2D eigenvalue weighted by Gasteiger charge is 2.23. The number of hydrogen-bond acceptors (Lipinski definition) is 4. The first-order chi connectivity index (χ1) is 13.1. The van der Waals surface area contributed by atoms with Gasteiger partial charge < -0.3 is 9.47 Å². The van der Waals surface area contributed by atoms with E-state index in [0.29, 0.717) is 37.2 Å². The van der Waals surface area contributed by atoms with Crippen molar-refractivity contribution in [3.63, 3.8) is 0 Å². The molecule has 0 heterocycles. The number of unbranched alkanes of at least 4 members (excludes halogenated alkanes) is 7. The third-order valence-corrected chi connectivity index (χ3v) is 4.63. The summed E-state index contributed by atoms with van der Waals surface area (Å²) in [6.07, 6.45) is 12.1. The smallest absolute Gasteiger partial charge is 0.334 e. The van der Waals surface area contributed by atoms with Crippen molar-refractivity contribution in [1.29, 1.82) is 0 Å². The van der Waals surface area contributed by atoms with Crippen LogP contribution in [0.15, 0.2) is 11.1 Å². The molecule has 0 fully saturated rings. The average Bonchev–Trinajstić information content (AvgIpc) is 2.66. The van der Waals surface area contributed by atoms with Gasteiger partial charge in [0, 0.05) is 11.1 Å². The molecule has 0 unspecified atom stereocenters. The third-order valence-electron chi connectivity index (χ3n) is 4.63. The van der Waals surface area contributed by atoms with E-state index < -0.39 is 0 Å². The maximum atomic E-state index is 12.7. The molecule has 0 aliphatic carbocycles. The van der Waals surface area contributed by atoms with E-state index in [0.717, 1.165) is 70.6 Å². The summed E-state index contributed by atoms with van der Waals surface area (Å²) in [6.45, 7) is 9.26. The number of hydrogen-bond donors (Lipinski definition) is 0. The molecule has 0 radical (unpaired) electrons. The van der Waals surface area contributed by atoms with Crippen molar-refractivity contribution in [2.45, 2.75) is 111 Å². The van der Waals surface area contributed by atoms with Gasteiger partial charge in [0.2, 0.25) is 0 Å². The van der Waals surface area contributed by atoms with E-state index in [-0.39, 0.29) is 11.9 Å². The molecular formula is C23H42O4. The zero-order valence-electron chi connectivity index (χ0n) is 18.2. The summed E-state index contributed by atoms with van der Waals surface area (Å²) in [6, 6.07) is 0. The predicted molar refractivity (Wildman–Crippen MR) is 112 cm³/mol. The molecule has 4 nitrogen and oxygen atoms in total. The molecule has 0 atom stereocenters. The van der Waals surface area contributed by atoms with Gasteiger partial charge >= 0.3 is 11.9 Å². The summed E-state index contributed by atoms with van der Waals surface area (Å²) in [5.41, 5.74) is 1.11. The van der Waals surface area contributed by atoms with E-state index in [9.17, 15) is 9.59 Å². The maximum Gasteiger partial charge on any atom is 0.334 e. The number of rotatable bonds is 17. The summed E-state index contributed by atoms with van der Waals surface area (Å²) < 4.78 is 10.9. The second-order valence-corrected chi connectivity index (χ2v) is 7.20.